The van der Waals surface area contributed by atoms with Crippen LogP contribution in [0.15, 0.2) is 48.1 Å². The third-order valence-electron chi connectivity index (χ3n) is 5.03. The fraction of sp³-hybridized carbons (Fsp3) is 0.350. The van der Waals surface area contributed by atoms with Gasteiger partial charge in [-0.1, -0.05) is 30.3 Å². The van der Waals surface area contributed by atoms with Gasteiger partial charge >= 0.3 is 6.03 Å². The zero-order chi connectivity index (χ0) is 19.3. The molecule has 2 N–H and O–H groups in total. The number of carbonyl (C=O) groups is 2. The van der Waals surface area contributed by atoms with Gasteiger partial charge in [0.2, 0.25) is 5.91 Å². The molecule has 28 heavy (non-hydrogen) atoms. The van der Waals surface area contributed by atoms with E-state index in [2.05, 4.69) is 15.6 Å². The van der Waals surface area contributed by atoms with E-state index in [0.29, 0.717) is 39.0 Å². The Balaban J connectivity index is 1.20. The van der Waals surface area contributed by atoms with Crippen molar-refractivity contribution in [3.05, 3.63) is 59.4 Å². The number of hydrogen-bond acceptors (Lipinski definition) is 4. The maximum atomic E-state index is 12.4. The minimum Gasteiger partial charge on any atom is -0.352 e. The molecule has 1 aliphatic heterocycles. The molecule has 0 aliphatic carbocycles. The molecule has 0 unspecified atom stereocenters. The maximum Gasteiger partial charge on any atom is 0.317 e. The number of fused-ring (bicyclic) bond motifs is 1. The van der Waals surface area contributed by atoms with E-state index >= 15 is 0 Å². The summed E-state index contributed by atoms with van der Waals surface area (Å²) in [6.07, 6.45) is 5.25. The first-order valence-electron chi connectivity index (χ1n) is 9.44. The number of aromatic nitrogens is 2. The Bertz CT molecular complexity index is 915. The van der Waals surface area contributed by atoms with Crippen molar-refractivity contribution in [1.29, 1.82) is 0 Å². The fourth-order valence-electron chi connectivity index (χ4n) is 3.41. The second-order valence-corrected chi connectivity index (χ2v) is 7.82. The molecular weight excluding hydrogens is 374 g/mol. The summed E-state index contributed by atoms with van der Waals surface area (Å²) in [4.78, 5) is 31.9. The summed E-state index contributed by atoms with van der Waals surface area (Å²) >= 11 is 1.57. The highest BCUT2D eigenvalue weighted by Gasteiger charge is 2.27. The molecule has 0 atom stereocenters. The van der Waals surface area contributed by atoms with Crippen LogP contribution in [-0.4, -0.2) is 39.3 Å². The lowest BCUT2D eigenvalue weighted by atomic mass is 9.96. The van der Waals surface area contributed by atoms with Gasteiger partial charge in [-0.05, 0) is 18.4 Å². The number of likely N-dealkylation sites (tertiary alicyclic amines) is 1. The van der Waals surface area contributed by atoms with Crippen LogP contribution in [0.1, 0.15) is 24.1 Å². The van der Waals surface area contributed by atoms with Gasteiger partial charge in [-0.3, -0.25) is 9.20 Å². The summed E-state index contributed by atoms with van der Waals surface area (Å²) in [5.41, 5.74) is 1.93. The van der Waals surface area contributed by atoms with Gasteiger partial charge in [0.05, 0.1) is 12.2 Å². The van der Waals surface area contributed by atoms with Crippen LogP contribution < -0.4 is 10.6 Å². The quantitative estimate of drug-likeness (QED) is 0.695. The molecule has 3 amide bonds. The van der Waals surface area contributed by atoms with Crippen molar-refractivity contribution in [3.63, 3.8) is 0 Å². The SMILES string of the molecule is O=C(NCc1ccccc1)C1CCN(C(=O)NCc2cn3ccsc3n2)CC1. The van der Waals surface area contributed by atoms with Gasteiger partial charge in [0.25, 0.3) is 0 Å². The topological polar surface area (TPSA) is 78.7 Å². The van der Waals surface area contributed by atoms with Crippen molar-refractivity contribution in [2.75, 3.05) is 13.1 Å². The molecule has 0 saturated carbocycles. The molecule has 7 nitrogen and oxygen atoms in total. The number of urea groups is 1. The predicted octanol–water partition coefficient (Wildman–Crippen LogP) is 2.63. The zero-order valence-corrected chi connectivity index (χ0v) is 16.3. The Kier molecular flexibility index (Phi) is 5.57. The molecule has 3 heterocycles. The standard InChI is InChI=1S/C20H23N5O2S/c26-18(21-12-15-4-2-1-3-5-15)16-6-8-24(9-7-16)19(27)22-13-17-14-25-10-11-28-20(25)23-17/h1-5,10-11,14,16H,6-9,12-13H2,(H,21,26)(H,22,27). The number of piperidine rings is 1. The van der Waals surface area contributed by atoms with Crippen LogP contribution in [0.3, 0.4) is 0 Å². The van der Waals surface area contributed by atoms with E-state index < -0.39 is 0 Å². The first-order valence-corrected chi connectivity index (χ1v) is 10.3. The summed E-state index contributed by atoms with van der Waals surface area (Å²) in [6, 6.07) is 9.78. The minimum absolute atomic E-state index is 0.0345. The Morgan fingerprint density at radius 1 is 1.11 bits per heavy atom. The Morgan fingerprint density at radius 2 is 1.89 bits per heavy atom. The molecule has 0 bridgehead atoms. The van der Waals surface area contributed by atoms with E-state index in [-0.39, 0.29) is 17.9 Å². The Labute approximate surface area is 167 Å². The second kappa shape index (κ2) is 8.43. The first-order chi connectivity index (χ1) is 13.7. The monoisotopic (exact) mass is 397 g/mol. The van der Waals surface area contributed by atoms with Crippen LogP contribution >= 0.6 is 11.3 Å². The predicted molar refractivity (Wildman–Crippen MR) is 108 cm³/mol. The highest BCUT2D eigenvalue weighted by Crippen LogP contribution is 2.18. The third kappa shape index (κ3) is 4.33. The number of benzene rings is 1. The van der Waals surface area contributed by atoms with Crippen molar-refractivity contribution in [3.8, 4) is 0 Å². The number of imidazole rings is 1. The van der Waals surface area contributed by atoms with Crippen LogP contribution in [0.25, 0.3) is 4.96 Å². The number of hydrogen-bond donors (Lipinski definition) is 2. The first kappa shape index (κ1) is 18.5. The lowest BCUT2D eigenvalue weighted by molar-refractivity contribution is -0.126. The van der Waals surface area contributed by atoms with Gasteiger partial charge in [-0.15, -0.1) is 11.3 Å². The zero-order valence-electron chi connectivity index (χ0n) is 15.5. The smallest absolute Gasteiger partial charge is 0.317 e. The normalized spacial score (nSPS) is 14.9. The summed E-state index contributed by atoms with van der Waals surface area (Å²) in [7, 11) is 0. The maximum absolute atomic E-state index is 12.4. The number of thiazole rings is 1. The molecule has 1 aromatic carbocycles. The van der Waals surface area contributed by atoms with E-state index in [1.165, 1.54) is 0 Å². The van der Waals surface area contributed by atoms with Crippen molar-refractivity contribution in [2.24, 2.45) is 5.92 Å². The largest absolute Gasteiger partial charge is 0.352 e. The molecule has 146 valence electrons. The van der Waals surface area contributed by atoms with Gasteiger partial charge in [0.1, 0.15) is 0 Å². The molecule has 1 fully saturated rings. The van der Waals surface area contributed by atoms with E-state index in [1.807, 2.05) is 52.5 Å². The third-order valence-corrected chi connectivity index (χ3v) is 5.80. The molecule has 0 radical (unpaired) electrons. The van der Waals surface area contributed by atoms with Gasteiger partial charge < -0.3 is 15.5 Å². The second-order valence-electron chi connectivity index (χ2n) is 6.95. The molecule has 1 aliphatic rings. The Morgan fingerprint density at radius 3 is 2.64 bits per heavy atom. The number of rotatable bonds is 5. The summed E-state index contributed by atoms with van der Waals surface area (Å²) in [5.74, 6) is 0.0367. The Hall–Kier alpha value is -2.87. The van der Waals surface area contributed by atoms with Crippen LogP contribution in [0, 0.1) is 5.92 Å². The van der Waals surface area contributed by atoms with E-state index in [1.54, 1.807) is 16.2 Å². The van der Waals surface area contributed by atoms with Gasteiger partial charge in [-0.2, -0.15) is 0 Å². The van der Waals surface area contributed by atoms with Crippen molar-refractivity contribution in [2.45, 2.75) is 25.9 Å². The number of amides is 3. The average molecular weight is 398 g/mol. The highest BCUT2D eigenvalue weighted by atomic mass is 32.1. The molecule has 1 saturated heterocycles. The summed E-state index contributed by atoms with van der Waals surface area (Å²) < 4.78 is 1.95. The van der Waals surface area contributed by atoms with Crippen molar-refractivity contribution >= 4 is 28.2 Å². The number of nitrogens with one attached hydrogen (secondary N) is 2. The van der Waals surface area contributed by atoms with E-state index in [9.17, 15) is 9.59 Å². The number of nitrogens with zero attached hydrogens (tertiary/aromatic N) is 3. The van der Waals surface area contributed by atoms with E-state index in [0.717, 1.165) is 16.2 Å². The van der Waals surface area contributed by atoms with Crippen LogP contribution in [0.5, 0.6) is 0 Å². The molecule has 3 aromatic rings. The van der Waals surface area contributed by atoms with Gasteiger partial charge in [-0.25, -0.2) is 9.78 Å². The lowest BCUT2D eigenvalue weighted by Crippen LogP contribution is -2.46. The summed E-state index contributed by atoms with van der Waals surface area (Å²) in [6.45, 7) is 2.13. The van der Waals surface area contributed by atoms with Gasteiger partial charge in [0, 0.05) is 43.3 Å². The summed E-state index contributed by atoms with van der Waals surface area (Å²) in [5, 5.41) is 7.90. The van der Waals surface area contributed by atoms with E-state index in [4.69, 9.17) is 0 Å². The lowest BCUT2D eigenvalue weighted by Gasteiger charge is -2.31. The minimum atomic E-state index is -0.0977. The van der Waals surface area contributed by atoms with Crippen LogP contribution in [0.4, 0.5) is 4.79 Å². The van der Waals surface area contributed by atoms with Gasteiger partial charge in [0.15, 0.2) is 4.96 Å². The van der Waals surface area contributed by atoms with Crippen LogP contribution in [-0.2, 0) is 17.9 Å². The molecule has 0 spiro atoms. The molecule has 8 heteroatoms. The molecular formula is C20H23N5O2S. The highest BCUT2D eigenvalue weighted by molar-refractivity contribution is 7.15. The molecule has 2 aromatic heterocycles. The van der Waals surface area contributed by atoms with Crippen molar-refractivity contribution in [1.82, 2.24) is 24.9 Å². The number of carbonyl (C=O) groups excluding carboxylic acids is 2. The van der Waals surface area contributed by atoms with Crippen LogP contribution in [0.2, 0.25) is 0 Å². The van der Waals surface area contributed by atoms with Crippen molar-refractivity contribution < 1.29 is 9.59 Å². The average Bonchev–Trinajstić information content (AvgIpc) is 3.33. The fourth-order valence-corrected chi connectivity index (χ4v) is 4.13. The molecule has 4 rings (SSSR count).